The number of aliphatic carboxylic acids is 1. The van der Waals surface area contributed by atoms with Crippen LogP contribution in [0.1, 0.15) is 24.0 Å². The zero-order chi connectivity index (χ0) is 15.5. The standard InChI is InChI=1S/C14H14F3NO3/c15-14(16,17)11-4-2-1-3-9(11)7-12-18-10(8-21-12)5-6-13(19)20/h1-4,10H,5-8H2,(H,19,20). The van der Waals surface area contributed by atoms with Gasteiger partial charge in [0.15, 0.2) is 5.90 Å². The molecule has 0 fully saturated rings. The zero-order valence-corrected chi connectivity index (χ0v) is 11.1. The van der Waals surface area contributed by atoms with Crippen molar-refractivity contribution >= 4 is 11.9 Å². The van der Waals surface area contributed by atoms with Gasteiger partial charge in [0, 0.05) is 12.8 Å². The van der Waals surface area contributed by atoms with Gasteiger partial charge in [-0.05, 0) is 18.1 Å². The van der Waals surface area contributed by atoms with Gasteiger partial charge in [0.1, 0.15) is 6.61 Å². The number of carboxylic acids is 1. The third kappa shape index (κ3) is 4.21. The van der Waals surface area contributed by atoms with Crippen LogP contribution in [0.2, 0.25) is 0 Å². The van der Waals surface area contributed by atoms with E-state index in [0.29, 0.717) is 6.42 Å². The molecule has 0 radical (unpaired) electrons. The summed E-state index contributed by atoms with van der Waals surface area (Å²) >= 11 is 0. The largest absolute Gasteiger partial charge is 0.481 e. The molecule has 0 aromatic heterocycles. The van der Waals surface area contributed by atoms with Crippen molar-refractivity contribution in [1.82, 2.24) is 0 Å². The molecule has 0 aliphatic carbocycles. The summed E-state index contributed by atoms with van der Waals surface area (Å²) in [5, 5.41) is 8.59. The summed E-state index contributed by atoms with van der Waals surface area (Å²) in [4.78, 5) is 14.6. The van der Waals surface area contributed by atoms with Crippen molar-refractivity contribution in [3.63, 3.8) is 0 Å². The van der Waals surface area contributed by atoms with Gasteiger partial charge in [-0.1, -0.05) is 18.2 Å². The van der Waals surface area contributed by atoms with Crippen molar-refractivity contribution < 1.29 is 27.8 Å². The summed E-state index contributed by atoms with van der Waals surface area (Å²) in [5.74, 6) is -0.705. The van der Waals surface area contributed by atoms with Gasteiger partial charge in [-0.25, -0.2) is 4.99 Å². The van der Waals surface area contributed by atoms with Crippen molar-refractivity contribution in [2.45, 2.75) is 31.5 Å². The molecule has 0 spiro atoms. The maximum Gasteiger partial charge on any atom is 0.416 e. The Labute approximate surface area is 119 Å². The highest BCUT2D eigenvalue weighted by atomic mass is 19.4. The van der Waals surface area contributed by atoms with Gasteiger partial charge < -0.3 is 9.84 Å². The predicted molar refractivity (Wildman–Crippen MR) is 69.2 cm³/mol. The molecule has 1 heterocycles. The molecule has 4 nitrogen and oxygen atoms in total. The molecule has 1 atom stereocenters. The van der Waals surface area contributed by atoms with Crippen LogP contribution in [0.4, 0.5) is 13.2 Å². The Hall–Kier alpha value is -2.05. The van der Waals surface area contributed by atoms with Crippen LogP contribution in [0, 0.1) is 0 Å². The second kappa shape index (κ2) is 6.15. The number of ether oxygens (including phenoxy) is 1. The third-order valence-electron chi connectivity index (χ3n) is 3.12. The zero-order valence-electron chi connectivity index (χ0n) is 11.1. The minimum atomic E-state index is -4.42. The Kier molecular flexibility index (Phi) is 4.50. The van der Waals surface area contributed by atoms with Crippen molar-refractivity contribution in [2.24, 2.45) is 4.99 Å². The van der Waals surface area contributed by atoms with Gasteiger partial charge in [-0.15, -0.1) is 0 Å². The Morgan fingerprint density at radius 1 is 1.38 bits per heavy atom. The Bertz CT molecular complexity index is 555. The van der Waals surface area contributed by atoms with E-state index in [2.05, 4.69) is 4.99 Å². The lowest BCUT2D eigenvalue weighted by molar-refractivity contribution is -0.138. The van der Waals surface area contributed by atoms with Crippen LogP contribution in [0.25, 0.3) is 0 Å². The number of hydrogen-bond acceptors (Lipinski definition) is 3. The first kappa shape index (κ1) is 15.3. The highest BCUT2D eigenvalue weighted by molar-refractivity contribution is 5.80. The number of aliphatic imine (C=N–C) groups is 1. The van der Waals surface area contributed by atoms with Crippen molar-refractivity contribution in [1.29, 1.82) is 0 Å². The lowest BCUT2D eigenvalue weighted by Crippen LogP contribution is -2.12. The minimum Gasteiger partial charge on any atom is -0.481 e. The molecule has 0 saturated heterocycles. The van der Waals surface area contributed by atoms with Crippen molar-refractivity contribution in [3.8, 4) is 0 Å². The summed E-state index contributed by atoms with van der Waals surface area (Å²) in [7, 11) is 0. The lowest BCUT2D eigenvalue weighted by Gasteiger charge is -2.12. The normalized spacial score (nSPS) is 18.2. The maximum absolute atomic E-state index is 12.9. The molecule has 7 heteroatoms. The fourth-order valence-corrected chi connectivity index (χ4v) is 2.12. The smallest absolute Gasteiger partial charge is 0.416 e. The molecule has 1 unspecified atom stereocenters. The van der Waals surface area contributed by atoms with Crippen LogP contribution in [0.5, 0.6) is 0 Å². The molecule has 21 heavy (non-hydrogen) atoms. The lowest BCUT2D eigenvalue weighted by atomic mass is 10.0. The molecular formula is C14H14F3NO3. The fraction of sp³-hybridized carbons (Fsp3) is 0.429. The van der Waals surface area contributed by atoms with Crippen LogP contribution in [0.3, 0.4) is 0 Å². The number of nitrogens with zero attached hydrogens (tertiary/aromatic N) is 1. The van der Waals surface area contributed by atoms with Crippen LogP contribution in [0.15, 0.2) is 29.3 Å². The van der Waals surface area contributed by atoms with Crippen LogP contribution >= 0.6 is 0 Å². The molecule has 1 aliphatic heterocycles. The van der Waals surface area contributed by atoms with Crippen LogP contribution in [-0.4, -0.2) is 29.6 Å². The van der Waals surface area contributed by atoms with Gasteiger partial charge in [-0.2, -0.15) is 13.2 Å². The molecule has 1 N–H and O–H groups in total. The molecule has 2 rings (SSSR count). The summed E-state index contributed by atoms with van der Waals surface area (Å²) in [6.07, 6.45) is -4.18. The number of benzene rings is 1. The van der Waals surface area contributed by atoms with Gasteiger partial charge >= 0.3 is 12.1 Å². The Morgan fingerprint density at radius 3 is 2.76 bits per heavy atom. The summed E-state index contributed by atoms with van der Waals surface area (Å²) in [6, 6.07) is 4.97. The Balaban J connectivity index is 2.06. The van der Waals surface area contributed by atoms with E-state index in [1.165, 1.54) is 18.2 Å². The molecule has 1 aromatic carbocycles. The van der Waals surface area contributed by atoms with Crippen molar-refractivity contribution in [3.05, 3.63) is 35.4 Å². The van der Waals surface area contributed by atoms with E-state index in [-0.39, 0.29) is 37.0 Å². The average molecular weight is 301 g/mol. The van der Waals surface area contributed by atoms with Crippen LogP contribution < -0.4 is 0 Å². The molecule has 0 bridgehead atoms. The first-order valence-electron chi connectivity index (χ1n) is 6.42. The van der Waals surface area contributed by atoms with Crippen molar-refractivity contribution in [2.75, 3.05) is 6.61 Å². The minimum absolute atomic E-state index is 0.0378. The predicted octanol–water partition coefficient (Wildman–Crippen LogP) is 2.91. The molecule has 1 aliphatic rings. The topological polar surface area (TPSA) is 58.9 Å². The van der Waals surface area contributed by atoms with E-state index in [0.717, 1.165) is 6.07 Å². The number of hydrogen-bond donors (Lipinski definition) is 1. The van der Waals surface area contributed by atoms with Gasteiger partial charge in [0.25, 0.3) is 0 Å². The maximum atomic E-state index is 12.9. The van der Waals surface area contributed by atoms with Gasteiger partial charge in [0.05, 0.1) is 11.6 Å². The number of carbonyl (C=O) groups is 1. The number of carboxylic acid groups (broad SMARTS) is 1. The first-order valence-corrected chi connectivity index (χ1v) is 6.42. The second-order valence-electron chi connectivity index (χ2n) is 4.75. The second-order valence-corrected chi connectivity index (χ2v) is 4.75. The highest BCUT2D eigenvalue weighted by Gasteiger charge is 2.33. The molecule has 0 saturated carbocycles. The Morgan fingerprint density at radius 2 is 2.10 bits per heavy atom. The van der Waals surface area contributed by atoms with E-state index >= 15 is 0 Å². The summed E-state index contributed by atoms with van der Waals surface area (Å²) in [5.41, 5.74) is -0.604. The SMILES string of the molecule is O=C(O)CCC1COC(Cc2ccccc2C(F)(F)F)=N1. The molecule has 0 amide bonds. The van der Waals surface area contributed by atoms with E-state index in [9.17, 15) is 18.0 Å². The first-order chi connectivity index (χ1) is 9.86. The quantitative estimate of drug-likeness (QED) is 0.909. The third-order valence-corrected chi connectivity index (χ3v) is 3.12. The fourth-order valence-electron chi connectivity index (χ4n) is 2.12. The van der Waals surface area contributed by atoms with Crippen LogP contribution in [-0.2, 0) is 22.1 Å². The number of alkyl halides is 3. The van der Waals surface area contributed by atoms with E-state index in [1.807, 2.05) is 0 Å². The molecule has 114 valence electrons. The monoisotopic (exact) mass is 301 g/mol. The van der Waals surface area contributed by atoms with Gasteiger partial charge in [-0.3, -0.25) is 4.79 Å². The van der Waals surface area contributed by atoms with E-state index < -0.39 is 17.7 Å². The highest BCUT2D eigenvalue weighted by Crippen LogP contribution is 2.32. The van der Waals surface area contributed by atoms with Gasteiger partial charge in [0.2, 0.25) is 0 Å². The van der Waals surface area contributed by atoms with E-state index in [1.54, 1.807) is 0 Å². The molecule has 1 aromatic rings. The average Bonchev–Trinajstić information content (AvgIpc) is 2.83. The summed E-state index contributed by atoms with van der Waals surface area (Å²) < 4.78 is 43.8. The van der Waals surface area contributed by atoms with E-state index in [4.69, 9.17) is 9.84 Å². The number of rotatable bonds is 5. The summed E-state index contributed by atoms with van der Waals surface area (Å²) in [6.45, 7) is 0.219. The molecular weight excluding hydrogens is 287 g/mol. The number of halogens is 3.